The van der Waals surface area contributed by atoms with Crippen LogP contribution in [0.5, 0.6) is 0 Å². The Morgan fingerprint density at radius 1 is 1.14 bits per heavy atom. The first-order valence-electron chi connectivity index (χ1n) is 7.84. The third kappa shape index (κ3) is 9.47. The number of thiophene rings is 1. The maximum Gasteiger partial charge on any atom is 0.191 e. The molecule has 4 nitrogen and oxygen atoms in total. The smallest absolute Gasteiger partial charge is 0.191 e. The van der Waals surface area contributed by atoms with Gasteiger partial charge < -0.3 is 15.5 Å². The highest BCUT2D eigenvalue weighted by atomic mass is 32.1. The number of guanidine groups is 1. The lowest BCUT2D eigenvalue weighted by atomic mass is 10.1. The lowest BCUT2D eigenvalue weighted by Crippen LogP contribution is -2.37. The van der Waals surface area contributed by atoms with Crippen LogP contribution in [0.15, 0.2) is 22.5 Å². The molecule has 0 aromatic carbocycles. The van der Waals surface area contributed by atoms with Crippen LogP contribution in [0.2, 0.25) is 0 Å². The van der Waals surface area contributed by atoms with E-state index in [4.69, 9.17) is 0 Å². The lowest BCUT2D eigenvalue weighted by Gasteiger charge is -2.11. The summed E-state index contributed by atoms with van der Waals surface area (Å²) in [5.41, 5.74) is 0. The van der Waals surface area contributed by atoms with Gasteiger partial charge in [0.1, 0.15) is 0 Å². The van der Waals surface area contributed by atoms with Crippen molar-refractivity contribution in [2.24, 2.45) is 4.99 Å². The molecule has 120 valence electrons. The molecular weight excluding hydrogens is 280 g/mol. The minimum absolute atomic E-state index is 0.849. The first kappa shape index (κ1) is 18.0. The Morgan fingerprint density at radius 3 is 2.57 bits per heavy atom. The molecule has 0 spiro atoms. The fraction of sp³-hybridized carbons (Fsp3) is 0.688. The van der Waals surface area contributed by atoms with E-state index >= 15 is 0 Å². The minimum atomic E-state index is 0.849. The summed E-state index contributed by atoms with van der Waals surface area (Å²) < 4.78 is 0. The molecular formula is C16H30N4S. The van der Waals surface area contributed by atoms with E-state index in [2.05, 4.69) is 52.1 Å². The van der Waals surface area contributed by atoms with Crippen molar-refractivity contribution in [2.45, 2.75) is 38.6 Å². The highest BCUT2D eigenvalue weighted by Gasteiger charge is 1.98. The summed E-state index contributed by atoms with van der Waals surface area (Å²) in [4.78, 5) is 7.83. The number of rotatable bonds is 10. The molecule has 0 bridgehead atoms. The van der Waals surface area contributed by atoms with Gasteiger partial charge in [0.15, 0.2) is 5.96 Å². The number of hydrogen-bond acceptors (Lipinski definition) is 3. The van der Waals surface area contributed by atoms with Crippen LogP contribution >= 0.6 is 11.3 Å². The standard InChI is InChI=1S/C16H30N4S/c1-17-16(19-14-15-10-9-13-21-15)18-11-7-5-4-6-8-12-20(2)3/h9-10,13H,4-8,11-12,14H2,1-3H3,(H2,17,18,19). The molecule has 1 aromatic rings. The third-order valence-electron chi connectivity index (χ3n) is 3.31. The first-order chi connectivity index (χ1) is 10.2. The van der Waals surface area contributed by atoms with E-state index in [1.807, 2.05) is 7.05 Å². The van der Waals surface area contributed by atoms with Gasteiger partial charge >= 0.3 is 0 Å². The number of nitrogens with zero attached hydrogens (tertiary/aromatic N) is 2. The largest absolute Gasteiger partial charge is 0.356 e. The second kappa shape index (κ2) is 11.6. The average Bonchev–Trinajstić information content (AvgIpc) is 2.98. The lowest BCUT2D eigenvalue weighted by molar-refractivity contribution is 0.389. The van der Waals surface area contributed by atoms with E-state index < -0.39 is 0 Å². The molecule has 0 amide bonds. The SMILES string of the molecule is CN=C(NCCCCCCCN(C)C)NCc1cccs1. The normalized spacial score (nSPS) is 11.9. The van der Waals surface area contributed by atoms with Crippen LogP contribution in [0.3, 0.4) is 0 Å². The van der Waals surface area contributed by atoms with Gasteiger partial charge in [-0.05, 0) is 44.9 Å². The van der Waals surface area contributed by atoms with Crippen LogP contribution in [-0.2, 0) is 6.54 Å². The molecule has 0 saturated carbocycles. The zero-order valence-corrected chi connectivity index (χ0v) is 14.5. The number of nitrogens with one attached hydrogen (secondary N) is 2. The molecule has 1 aromatic heterocycles. The van der Waals surface area contributed by atoms with Crippen molar-refractivity contribution in [1.82, 2.24) is 15.5 Å². The molecule has 0 aliphatic heterocycles. The Balaban J connectivity index is 1.97. The number of aliphatic imine (C=N–C) groups is 1. The second-order valence-electron chi connectivity index (χ2n) is 5.50. The molecule has 2 N–H and O–H groups in total. The van der Waals surface area contributed by atoms with Crippen LogP contribution in [0.1, 0.15) is 37.0 Å². The molecule has 1 rings (SSSR count). The summed E-state index contributed by atoms with van der Waals surface area (Å²) in [6.45, 7) is 3.05. The second-order valence-corrected chi connectivity index (χ2v) is 6.54. The van der Waals surface area contributed by atoms with Gasteiger partial charge in [-0.1, -0.05) is 25.3 Å². The van der Waals surface area contributed by atoms with Gasteiger partial charge in [-0.15, -0.1) is 11.3 Å². The van der Waals surface area contributed by atoms with Gasteiger partial charge in [-0.3, -0.25) is 4.99 Å². The van der Waals surface area contributed by atoms with E-state index in [0.29, 0.717) is 0 Å². The molecule has 0 radical (unpaired) electrons. The zero-order chi connectivity index (χ0) is 15.3. The van der Waals surface area contributed by atoms with E-state index in [9.17, 15) is 0 Å². The number of unbranched alkanes of at least 4 members (excludes halogenated alkanes) is 4. The molecule has 0 atom stereocenters. The van der Waals surface area contributed by atoms with Crippen LogP contribution in [0.4, 0.5) is 0 Å². The van der Waals surface area contributed by atoms with Crippen molar-refractivity contribution in [1.29, 1.82) is 0 Å². The van der Waals surface area contributed by atoms with Crippen molar-refractivity contribution in [3.8, 4) is 0 Å². The van der Waals surface area contributed by atoms with Crippen LogP contribution in [0.25, 0.3) is 0 Å². The Morgan fingerprint density at radius 2 is 1.90 bits per heavy atom. The van der Waals surface area contributed by atoms with Crippen molar-refractivity contribution in [2.75, 3.05) is 34.2 Å². The fourth-order valence-corrected chi connectivity index (χ4v) is 2.74. The molecule has 21 heavy (non-hydrogen) atoms. The Bertz CT molecular complexity index is 374. The van der Waals surface area contributed by atoms with E-state index in [0.717, 1.165) is 19.0 Å². The molecule has 0 saturated heterocycles. The third-order valence-corrected chi connectivity index (χ3v) is 4.18. The quantitative estimate of drug-likeness (QED) is 0.396. The van der Waals surface area contributed by atoms with Gasteiger partial charge in [-0.25, -0.2) is 0 Å². The Kier molecular flexibility index (Phi) is 9.91. The van der Waals surface area contributed by atoms with Crippen molar-refractivity contribution < 1.29 is 0 Å². The zero-order valence-electron chi connectivity index (χ0n) is 13.7. The summed E-state index contributed by atoms with van der Waals surface area (Å²) in [6.07, 6.45) is 6.48. The highest BCUT2D eigenvalue weighted by Crippen LogP contribution is 2.07. The molecule has 0 aliphatic carbocycles. The van der Waals surface area contributed by atoms with Crippen molar-refractivity contribution >= 4 is 17.3 Å². The van der Waals surface area contributed by atoms with Crippen LogP contribution in [0, 0.1) is 0 Å². The van der Waals surface area contributed by atoms with Crippen LogP contribution in [-0.4, -0.2) is 45.1 Å². The molecule has 1 heterocycles. The maximum atomic E-state index is 4.25. The summed E-state index contributed by atoms with van der Waals surface area (Å²) in [6, 6.07) is 4.22. The topological polar surface area (TPSA) is 39.7 Å². The average molecular weight is 311 g/mol. The van der Waals surface area contributed by atoms with Gasteiger partial charge in [0.2, 0.25) is 0 Å². The summed E-state index contributed by atoms with van der Waals surface area (Å²) in [5, 5.41) is 8.82. The first-order valence-corrected chi connectivity index (χ1v) is 8.72. The molecule has 0 unspecified atom stereocenters. The van der Waals surface area contributed by atoms with Crippen molar-refractivity contribution in [3.63, 3.8) is 0 Å². The molecule has 0 fully saturated rings. The van der Waals surface area contributed by atoms with Gasteiger partial charge in [0.05, 0.1) is 6.54 Å². The predicted molar refractivity (Wildman–Crippen MR) is 94.2 cm³/mol. The summed E-state index contributed by atoms with van der Waals surface area (Å²) in [7, 11) is 6.10. The van der Waals surface area contributed by atoms with Gasteiger partial charge in [0, 0.05) is 18.5 Å². The van der Waals surface area contributed by atoms with E-state index in [1.54, 1.807) is 11.3 Å². The van der Waals surface area contributed by atoms with Gasteiger partial charge in [-0.2, -0.15) is 0 Å². The van der Waals surface area contributed by atoms with E-state index in [1.165, 1.54) is 43.5 Å². The predicted octanol–water partition coefficient (Wildman–Crippen LogP) is 2.93. The molecule has 0 aliphatic rings. The fourth-order valence-electron chi connectivity index (χ4n) is 2.09. The number of hydrogen-bond donors (Lipinski definition) is 2. The summed E-state index contributed by atoms with van der Waals surface area (Å²) >= 11 is 1.77. The Labute approximate surface area is 133 Å². The van der Waals surface area contributed by atoms with E-state index in [-0.39, 0.29) is 0 Å². The van der Waals surface area contributed by atoms with Crippen molar-refractivity contribution in [3.05, 3.63) is 22.4 Å². The van der Waals surface area contributed by atoms with Gasteiger partial charge in [0.25, 0.3) is 0 Å². The molecule has 5 heteroatoms. The Hall–Kier alpha value is -1.07. The maximum absolute atomic E-state index is 4.25. The summed E-state index contributed by atoms with van der Waals surface area (Å²) in [5.74, 6) is 0.899. The highest BCUT2D eigenvalue weighted by molar-refractivity contribution is 7.09. The van der Waals surface area contributed by atoms with Crippen LogP contribution < -0.4 is 10.6 Å². The minimum Gasteiger partial charge on any atom is -0.356 e. The monoisotopic (exact) mass is 310 g/mol.